The molecule has 0 saturated carbocycles. The maximum absolute atomic E-state index is 5.86. The molecule has 0 radical (unpaired) electrons. The van der Waals surface area contributed by atoms with Crippen LogP contribution in [-0.4, -0.2) is 53.1 Å². The minimum Gasteiger partial charge on any atom is -0.374 e. The second-order valence-corrected chi connectivity index (χ2v) is 5.06. The second-order valence-electron chi connectivity index (χ2n) is 5.06. The van der Waals surface area contributed by atoms with Gasteiger partial charge in [0.15, 0.2) is 0 Å². The summed E-state index contributed by atoms with van der Waals surface area (Å²) in [6.45, 7) is 6.02. The lowest BCUT2D eigenvalue weighted by molar-refractivity contribution is -0.0461. The molecular formula is C13H25N5O. The van der Waals surface area contributed by atoms with E-state index in [0.29, 0.717) is 0 Å². The lowest BCUT2D eigenvalue weighted by atomic mass is 10.0. The number of nitrogens with one attached hydrogen (secondary N) is 1. The smallest absolute Gasteiger partial charge is 0.0868 e. The van der Waals surface area contributed by atoms with E-state index in [1.165, 1.54) is 5.69 Å². The normalized spacial score (nSPS) is 22.6. The Morgan fingerprint density at radius 1 is 1.63 bits per heavy atom. The van der Waals surface area contributed by atoms with Crippen LogP contribution in [0.15, 0.2) is 12.3 Å². The summed E-state index contributed by atoms with van der Waals surface area (Å²) in [7, 11) is 1.97. The standard InChI is InChI=1S/C13H25N5O/c1-3-18-8-9-19-13(10-18)12(16-14)5-4-11-6-7-15-17(11)2/h6-7,12-13,16H,3-5,8-10,14H2,1-2H3. The fourth-order valence-corrected chi connectivity index (χ4v) is 2.59. The van der Waals surface area contributed by atoms with E-state index in [4.69, 9.17) is 10.6 Å². The van der Waals surface area contributed by atoms with E-state index in [9.17, 15) is 0 Å². The molecular weight excluding hydrogens is 242 g/mol. The summed E-state index contributed by atoms with van der Waals surface area (Å²) in [5.41, 5.74) is 4.14. The first-order valence-electron chi connectivity index (χ1n) is 7.01. The van der Waals surface area contributed by atoms with E-state index in [1.807, 2.05) is 24.0 Å². The molecule has 0 bridgehead atoms. The van der Waals surface area contributed by atoms with Crippen LogP contribution in [0.4, 0.5) is 0 Å². The van der Waals surface area contributed by atoms with Crippen LogP contribution in [0.1, 0.15) is 19.0 Å². The van der Waals surface area contributed by atoms with E-state index >= 15 is 0 Å². The van der Waals surface area contributed by atoms with Gasteiger partial charge in [-0.2, -0.15) is 5.10 Å². The van der Waals surface area contributed by atoms with E-state index in [1.54, 1.807) is 0 Å². The van der Waals surface area contributed by atoms with Crippen LogP contribution >= 0.6 is 0 Å². The molecule has 2 unspecified atom stereocenters. The Bertz CT molecular complexity index is 381. The molecule has 1 aliphatic heterocycles. The van der Waals surface area contributed by atoms with Crippen LogP contribution in [0.25, 0.3) is 0 Å². The van der Waals surface area contributed by atoms with Crippen LogP contribution in [-0.2, 0) is 18.2 Å². The van der Waals surface area contributed by atoms with Gasteiger partial charge in [0.1, 0.15) is 0 Å². The Kier molecular flexibility index (Phi) is 5.33. The van der Waals surface area contributed by atoms with Crippen molar-refractivity contribution >= 4 is 0 Å². The van der Waals surface area contributed by atoms with Gasteiger partial charge in [-0.3, -0.25) is 20.9 Å². The van der Waals surface area contributed by atoms with Gasteiger partial charge in [-0.15, -0.1) is 0 Å². The molecule has 6 nitrogen and oxygen atoms in total. The van der Waals surface area contributed by atoms with Crippen molar-refractivity contribution in [2.24, 2.45) is 12.9 Å². The molecule has 108 valence electrons. The summed E-state index contributed by atoms with van der Waals surface area (Å²) >= 11 is 0. The number of ether oxygens (including phenoxy) is 1. The van der Waals surface area contributed by atoms with Gasteiger partial charge in [0.2, 0.25) is 0 Å². The zero-order chi connectivity index (χ0) is 13.7. The van der Waals surface area contributed by atoms with Gasteiger partial charge < -0.3 is 4.74 Å². The molecule has 0 aliphatic carbocycles. The van der Waals surface area contributed by atoms with Crippen molar-refractivity contribution < 1.29 is 4.74 Å². The van der Waals surface area contributed by atoms with Gasteiger partial charge >= 0.3 is 0 Å². The van der Waals surface area contributed by atoms with E-state index in [-0.39, 0.29) is 12.1 Å². The third kappa shape index (κ3) is 3.76. The summed E-state index contributed by atoms with van der Waals surface area (Å²) in [5.74, 6) is 5.70. The molecule has 3 N–H and O–H groups in total. The van der Waals surface area contributed by atoms with Gasteiger partial charge in [-0.25, -0.2) is 0 Å². The van der Waals surface area contributed by atoms with E-state index in [2.05, 4.69) is 22.3 Å². The van der Waals surface area contributed by atoms with Gasteiger partial charge in [-0.05, 0) is 25.5 Å². The maximum Gasteiger partial charge on any atom is 0.0868 e. The van der Waals surface area contributed by atoms with Gasteiger partial charge in [-0.1, -0.05) is 6.92 Å². The van der Waals surface area contributed by atoms with Crippen molar-refractivity contribution in [1.82, 2.24) is 20.1 Å². The predicted molar refractivity (Wildman–Crippen MR) is 74.5 cm³/mol. The quantitative estimate of drug-likeness (QED) is 0.557. The third-order valence-electron chi connectivity index (χ3n) is 3.92. The summed E-state index contributed by atoms with van der Waals surface area (Å²) in [6, 6.07) is 2.23. The van der Waals surface area contributed by atoms with Crippen molar-refractivity contribution in [1.29, 1.82) is 0 Å². The second kappa shape index (κ2) is 7.00. The van der Waals surface area contributed by atoms with Crippen LogP contribution < -0.4 is 11.3 Å². The number of rotatable bonds is 6. The van der Waals surface area contributed by atoms with Crippen LogP contribution in [0.5, 0.6) is 0 Å². The highest BCUT2D eigenvalue weighted by Crippen LogP contribution is 2.13. The lowest BCUT2D eigenvalue weighted by Gasteiger charge is -2.36. The van der Waals surface area contributed by atoms with Crippen molar-refractivity contribution in [3.8, 4) is 0 Å². The zero-order valence-electron chi connectivity index (χ0n) is 11.9. The number of aromatic nitrogens is 2. The summed E-state index contributed by atoms with van der Waals surface area (Å²) < 4.78 is 7.77. The SMILES string of the molecule is CCN1CCOC(C(CCc2ccnn2C)NN)C1. The van der Waals surface area contributed by atoms with Gasteiger partial charge in [0.25, 0.3) is 0 Å². The molecule has 2 atom stereocenters. The van der Waals surface area contributed by atoms with Crippen LogP contribution in [0.2, 0.25) is 0 Å². The Balaban J connectivity index is 1.87. The molecule has 1 aliphatic rings. The number of aryl methyl sites for hydroxylation is 2. The topological polar surface area (TPSA) is 68.3 Å². The Morgan fingerprint density at radius 2 is 2.47 bits per heavy atom. The van der Waals surface area contributed by atoms with E-state index in [0.717, 1.165) is 39.1 Å². The molecule has 1 aromatic heterocycles. The van der Waals surface area contributed by atoms with Gasteiger partial charge in [0.05, 0.1) is 12.7 Å². The van der Waals surface area contributed by atoms with Crippen LogP contribution in [0, 0.1) is 0 Å². The lowest BCUT2D eigenvalue weighted by Crippen LogP contribution is -2.54. The molecule has 1 aromatic rings. The first-order chi connectivity index (χ1) is 9.24. The monoisotopic (exact) mass is 267 g/mol. The molecule has 1 saturated heterocycles. The summed E-state index contributed by atoms with van der Waals surface area (Å²) in [4.78, 5) is 2.41. The summed E-state index contributed by atoms with van der Waals surface area (Å²) in [6.07, 6.45) is 3.91. The van der Waals surface area contributed by atoms with Crippen molar-refractivity contribution in [2.75, 3.05) is 26.2 Å². The van der Waals surface area contributed by atoms with Crippen molar-refractivity contribution in [3.05, 3.63) is 18.0 Å². The average Bonchev–Trinajstić information content (AvgIpc) is 2.85. The first-order valence-corrected chi connectivity index (χ1v) is 7.01. The number of hydrogen-bond acceptors (Lipinski definition) is 5. The van der Waals surface area contributed by atoms with Crippen LogP contribution in [0.3, 0.4) is 0 Å². The zero-order valence-corrected chi connectivity index (χ0v) is 11.9. The largest absolute Gasteiger partial charge is 0.374 e. The summed E-state index contributed by atoms with van der Waals surface area (Å²) in [5, 5.41) is 4.18. The number of morpholine rings is 1. The number of hydrazine groups is 1. The fourth-order valence-electron chi connectivity index (χ4n) is 2.59. The molecule has 0 aromatic carbocycles. The molecule has 6 heteroatoms. The average molecular weight is 267 g/mol. The third-order valence-corrected chi connectivity index (χ3v) is 3.92. The van der Waals surface area contributed by atoms with E-state index < -0.39 is 0 Å². The molecule has 0 amide bonds. The number of nitrogens with zero attached hydrogens (tertiary/aromatic N) is 3. The predicted octanol–water partition coefficient (Wildman–Crippen LogP) is -0.0947. The number of nitrogens with two attached hydrogens (primary N) is 1. The Morgan fingerprint density at radius 3 is 3.11 bits per heavy atom. The van der Waals surface area contributed by atoms with Crippen molar-refractivity contribution in [2.45, 2.75) is 31.9 Å². The molecule has 2 rings (SSSR count). The molecule has 19 heavy (non-hydrogen) atoms. The minimum atomic E-state index is 0.173. The number of likely N-dealkylation sites (N-methyl/N-ethyl adjacent to an activating group) is 1. The first kappa shape index (κ1) is 14.5. The minimum absolute atomic E-state index is 0.173. The molecule has 1 fully saturated rings. The van der Waals surface area contributed by atoms with Gasteiger partial charge in [0, 0.05) is 38.1 Å². The van der Waals surface area contributed by atoms with Crippen molar-refractivity contribution in [3.63, 3.8) is 0 Å². The highest BCUT2D eigenvalue weighted by Gasteiger charge is 2.26. The highest BCUT2D eigenvalue weighted by atomic mass is 16.5. The molecule has 0 spiro atoms. The Hall–Kier alpha value is -0.950. The Labute approximate surface area is 114 Å². The number of hydrogen-bond donors (Lipinski definition) is 2. The fraction of sp³-hybridized carbons (Fsp3) is 0.769. The highest BCUT2D eigenvalue weighted by molar-refractivity contribution is 5.01. The maximum atomic E-state index is 5.86. The molecule has 2 heterocycles.